The smallest absolute Gasteiger partial charge is 0.118 e. The fourth-order valence-electron chi connectivity index (χ4n) is 2.66. The molecule has 1 aromatic rings. The average Bonchev–Trinajstić information content (AvgIpc) is 2.53. The van der Waals surface area contributed by atoms with Crippen molar-refractivity contribution in [1.29, 1.82) is 5.41 Å². The van der Waals surface area contributed by atoms with Crippen molar-refractivity contribution >= 4 is 5.84 Å². The number of hydrogen-bond acceptors (Lipinski definition) is 1. The molecule has 0 saturated heterocycles. The van der Waals surface area contributed by atoms with E-state index in [1.54, 1.807) is 6.08 Å². The highest BCUT2D eigenvalue weighted by Crippen LogP contribution is 2.37. The number of nitrogens with two attached hydrogens (primary N) is 1. The molecule has 0 amide bonds. The molecular weight excluding hydrogens is 268 g/mol. The van der Waals surface area contributed by atoms with Crippen LogP contribution >= 0.6 is 0 Å². The Kier molecular flexibility index (Phi) is 5.31. The number of hydrogen-bond donors (Lipinski definition) is 2. The van der Waals surface area contributed by atoms with Crippen LogP contribution in [0.5, 0.6) is 0 Å². The van der Waals surface area contributed by atoms with Crippen molar-refractivity contribution in [1.82, 2.24) is 0 Å². The van der Waals surface area contributed by atoms with Gasteiger partial charge in [-0.1, -0.05) is 72.9 Å². The Morgan fingerprint density at radius 2 is 1.95 bits per heavy atom. The number of allylic oxidation sites excluding steroid dienone is 8. The van der Waals surface area contributed by atoms with Crippen molar-refractivity contribution in [2.45, 2.75) is 19.3 Å². The van der Waals surface area contributed by atoms with Crippen LogP contribution in [-0.4, -0.2) is 5.84 Å². The van der Waals surface area contributed by atoms with E-state index in [1.165, 1.54) is 11.1 Å². The fourth-order valence-corrected chi connectivity index (χ4v) is 2.66. The molecule has 0 spiro atoms. The summed E-state index contributed by atoms with van der Waals surface area (Å²) in [7, 11) is 0. The molecule has 2 nitrogen and oxygen atoms in total. The van der Waals surface area contributed by atoms with Crippen LogP contribution in [0.15, 0.2) is 90.1 Å². The van der Waals surface area contributed by atoms with Crippen LogP contribution < -0.4 is 5.73 Å². The minimum atomic E-state index is 0.154. The van der Waals surface area contributed by atoms with Gasteiger partial charge >= 0.3 is 0 Å². The van der Waals surface area contributed by atoms with Crippen molar-refractivity contribution in [2.24, 2.45) is 5.73 Å². The van der Waals surface area contributed by atoms with Crippen molar-refractivity contribution in [3.8, 4) is 0 Å². The topological polar surface area (TPSA) is 49.9 Å². The molecular formula is C20H22N2. The standard InChI is InChI=1S/C20H22N2/c1-3-4-5-7-12-17-13-18(20(21)22)14-19(15(17)2)16-10-8-6-9-11-16/h3-13,19H,1,14H2,2H3,(H3,21,22)/b5-4-,12-7+. The first-order chi connectivity index (χ1) is 10.6. The van der Waals surface area contributed by atoms with E-state index in [9.17, 15) is 0 Å². The highest BCUT2D eigenvalue weighted by Gasteiger charge is 2.22. The van der Waals surface area contributed by atoms with Gasteiger partial charge in [0.1, 0.15) is 5.84 Å². The first-order valence-electron chi connectivity index (χ1n) is 7.40. The first kappa shape index (κ1) is 15.8. The molecule has 22 heavy (non-hydrogen) atoms. The molecule has 1 unspecified atom stereocenters. The van der Waals surface area contributed by atoms with Gasteiger partial charge in [0.05, 0.1) is 0 Å². The Bertz CT molecular complexity index is 673. The fraction of sp³-hybridized carbons (Fsp3) is 0.150. The van der Waals surface area contributed by atoms with Gasteiger partial charge in [-0.25, -0.2) is 0 Å². The molecule has 3 N–H and O–H groups in total. The zero-order chi connectivity index (χ0) is 15.9. The van der Waals surface area contributed by atoms with E-state index in [-0.39, 0.29) is 11.8 Å². The van der Waals surface area contributed by atoms with Gasteiger partial charge in [-0.05, 0) is 36.1 Å². The lowest BCUT2D eigenvalue weighted by Gasteiger charge is -2.26. The molecule has 1 aromatic carbocycles. The van der Waals surface area contributed by atoms with Crippen LogP contribution in [0.25, 0.3) is 0 Å². The van der Waals surface area contributed by atoms with Crippen LogP contribution in [0.2, 0.25) is 0 Å². The van der Waals surface area contributed by atoms with Crippen LogP contribution in [0.1, 0.15) is 24.8 Å². The molecule has 1 aliphatic rings. The summed E-state index contributed by atoms with van der Waals surface area (Å²) in [6.07, 6.45) is 12.4. The molecule has 0 radical (unpaired) electrons. The quantitative estimate of drug-likeness (QED) is 0.463. The van der Waals surface area contributed by atoms with Crippen LogP contribution in [0.3, 0.4) is 0 Å². The van der Waals surface area contributed by atoms with Crippen molar-refractivity contribution < 1.29 is 0 Å². The largest absolute Gasteiger partial charge is 0.384 e. The summed E-state index contributed by atoms with van der Waals surface area (Å²) in [6.45, 7) is 5.81. The Labute approximate surface area is 132 Å². The van der Waals surface area contributed by atoms with Crippen LogP contribution in [0.4, 0.5) is 0 Å². The summed E-state index contributed by atoms with van der Waals surface area (Å²) < 4.78 is 0. The molecule has 2 rings (SSSR count). The Hall–Kier alpha value is -2.61. The second-order valence-electron chi connectivity index (χ2n) is 5.37. The number of nitrogens with one attached hydrogen (secondary N) is 1. The van der Waals surface area contributed by atoms with E-state index in [1.807, 2.05) is 30.4 Å². The SMILES string of the molecule is C=C/C=C\C=C\C1=C(C)C(c2ccccc2)CC(C(=N)N)=C1. The van der Waals surface area contributed by atoms with Gasteiger partial charge in [0.15, 0.2) is 0 Å². The Morgan fingerprint density at radius 3 is 2.59 bits per heavy atom. The molecule has 0 aromatic heterocycles. The van der Waals surface area contributed by atoms with Gasteiger partial charge in [0, 0.05) is 5.92 Å². The molecule has 0 aliphatic heterocycles. The first-order valence-corrected chi connectivity index (χ1v) is 7.40. The lowest BCUT2D eigenvalue weighted by molar-refractivity contribution is 0.773. The van der Waals surface area contributed by atoms with Crippen LogP contribution in [-0.2, 0) is 0 Å². The molecule has 1 atom stereocenters. The van der Waals surface area contributed by atoms with Crippen molar-refractivity contribution in [3.05, 3.63) is 95.6 Å². The Balaban J connectivity index is 2.40. The number of benzene rings is 1. The summed E-state index contributed by atoms with van der Waals surface area (Å²) >= 11 is 0. The molecule has 2 heteroatoms. The number of amidine groups is 1. The lowest BCUT2D eigenvalue weighted by Crippen LogP contribution is -2.19. The minimum absolute atomic E-state index is 0.154. The van der Waals surface area contributed by atoms with Crippen LogP contribution in [0, 0.1) is 5.41 Å². The zero-order valence-corrected chi connectivity index (χ0v) is 12.9. The summed E-state index contributed by atoms with van der Waals surface area (Å²) in [6, 6.07) is 10.4. The molecule has 0 heterocycles. The molecule has 0 saturated carbocycles. The molecule has 0 bridgehead atoms. The third-order valence-electron chi connectivity index (χ3n) is 3.91. The van der Waals surface area contributed by atoms with Crippen molar-refractivity contribution in [2.75, 3.05) is 0 Å². The lowest BCUT2D eigenvalue weighted by atomic mass is 9.79. The van der Waals surface area contributed by atoms with E-state index >= 15 is 0 Å². The predicted octanol–water partition coefficient (Wildman–Crippen LogP) is 4.65. The second kappa shape index (κ2) is 7.41. The van der Waals surface area contributed by atoms with Crippen molar-refractivity contribution in [3.63, 3.8) is 0 Å². The van der Waals surface area contributed by atoms with Gasteiger partial charge in [-0.15, -0.1) is 0 Å². The second-order valence-corrected chi connectivity index (χ2v) is 5.37. The van der Waals surface area contributed by atoms with Gasteiger partial charge in [0.25, 0.3) is 0 Å². The van der Waals surface area contributed by atoms with E-state index in [0.29, 0.717) is 0 Å². The third kappa shape index (κ3) is 3.73. The maximum absolute atomic E-state index is 7.78. The highest BCUT2D eigenvalue weighted by molar-refractivity contribution is 5.95. The van der Waals surface area contributed by atoms with E-state index in [2.05, 4.69) is 43.8 Å². The van der Waals surface area contributed by atoms with Gasteiger partial charge in [-0.3, -0.25) is 5.41 Å². The molecule has 0 fully saturated rings. The average molecular weight is 290 g/mol. The van der Waals surface area contributed by atoms with Gasteiger partial charge in [0.2, 0.25) is 0 Å². The molecule has 112 valence electrons. The normalized spacial score (nSPS) is 18.8. The monoisotopic (exact) mass is 290 g/mol. The van der Waals surface area contributed by atoms with Gasteiger partial charge in [-0.2, -0.15) is 0 Å². The number of rotatable bonds is 5. The third-order valence-corrected chi connectivity index (χ3v) is 3.91. The predicted molar refractivity (Wildman–Crippen MR) is 95.0 cm³/mol. The summed E-state index contributed by atoms with van der Waals surface area (Å²) in [5.74, 6) is 0.425. The zero-order valence-electron chi connectivity index (χ0n) is 12.9. The maximum Gasteiger partial charge on any atom is 0.118 e. The molecule has 1 aliphatic carbocycles. The van der Waals surface area contributed by atoms with E-state index < -0.39 is 0 Å². The van der Waals surface area contributed by atoms with E-state index in [0.717, 1.165) is 17.6 Å². The maximum atomic E-state index is 7.78. The highest BCUT2D eigenvalue weighted by atomic mass is 14.7. The summed E-state index contributed by atoms with van der Waals surface area (Å²) in [5.41, 5.74) is 10.3. The summed E-state index contributed by atoms with van der Waals surface area (Å²) in [4.78, 5) is 0. The van der Waals surface area contributed by atoms with Gasteiger partial charge < -0.3 is 5.73 Å². The Morgan fingerprint density at radius 1 is 1.23 bits per heavy atom. The van der Waals surface area contributed by atoms with E-state index in [4.69, 9.17) is 11.1 Å². The summed E-state index contributed by atoms with van der Waals surface area (Å²) in [5, 5.41) is 7.78. The minimum Gasteiger partial charge on any atom is -0.384 e.